The van der Waals surface area contributed by atoms with Gasteiger partial charge in [-0.15, -0.1) is 0 Å². The van der Waals surface area contributed by atoms with Gasteiger partial charge in [0.25, 0.3) is 5.91 Å². The van der Waals surface area contributed by atoms with Crippen molar-refractivity contribution in [2.24, 2.45) is 5.92 Å². The van der Waals surface area contributed by atoms with E-state index in [0.29, 0.717) is 37.0 Å². The first-order valence-electron chi connectivity index (χ1n) is 7.99. The van der Waals surface area contributed by atoms with E-state index in [9.17, 15) is 18.8 Å². The second-order valence-electron chi connectivity index (χ2n) is 5.61. The van der Waals surface area contributed by atoms with E-state index in [1.54, 1.807) is 11.8 Å². The van der Waals surface area contributed by atoms with Gasteiger partial charge in [0.05, 0.1) is 18.1 Å². The second-order valence-corrected chi connectivity index (χ2v) is 6.46. The number of carbonyl (C=O) groups is 3. The van der Waals surface area contributed by atoms with Gasteiger partial charge in [-0.25, -0.2) is 9.18 Å². The number of ether oxygens (including phenoxy) is 2. The zero-order valence-corrected chi connectivity index (χ0v) is 15.4. The smallest absolute Gasteiger partial charge is 0.339 e. The Morgan fingerprint density at radius 1 is 1.24 bits per heavy atom. The molecule has 1 aromatic carbocycles. The van der Waals surface area contributed by atoms with E-state index in [0.717, 1.165) is 6.07 Å². The molecule has 6 nitrogen and oxygen atoms in total. The van der Waals surface area contributed by atoms with Crippen LogP contribution in [0.2, 0.25) is 0 Å². The summed E-state index contributed by atoms with van der Waals surface area (Å²) in [6, 6.07) is 3.65. The fourth-order valence-electron chi connectivity index (χ4n) is 2.57. The maximum absolute atomic E-state index is 13.2. The van der Waals surface area contributed by atoms with Crippen molar-refractivity contribution >= 4 is 33.8 Å². The molecule has 1 saturated heterocycles. The van der Waals surface area contributed by atoms with E-state index in [4.69, 9.17) is 9.47 Å². The number of hydrogen-bond donors (Lipinski definition) is 0. The van der Waals surface area contributed by atoms with E-state index in [-0.39, 0.29) is 23.4 Å². The number of halogens is 2. The van der Waals surface area contributed by atoms with Gasteiger partial charge in [0.15, 0.2) is 6.61 Å². The standard InChI is InChI=1S/C17H19BrFNO5/c1-2-24-16(22)11-5-7-20(8-6-11)15(21)10-25-17(23)13-9-12(19)3-4-14(13)18/h3-4,9,11H,2,5-8,10H2,1H3. The summed E-state index contributed by atoms with van der Waals surface area (Å²) in [7, 11) is 0. The van der Waals surface area contributed by atoms with Crippen molar-refractivity contribution in [2.75, 3.05) is 26.3 Å². The molecule has 0 aliphatic carbocycles. The molecule has 0 atom stereocenters. The first kappa shape index (κ1) is 19.4. The predicted octanol–water partition coefficient (Wildman–Crippen LogP) is 2.55. The Kier molecular flexibility index (Phi) is 6.92. The molecule has 0 unspecified atom stereocenters. The highest BCUT2D eigenvalue weighted by molar-refractivity contribution is 9.10. The third-order valence-corrected chi connectivity index (χ3v) is 4.63. The molecule has 25 heavy (non-hydrogen) atoms. The Labute approximate surface area is 153 Å². The van der Waals surface area contributed by atoms with Crippen LogP contribution in [0.15, 0.2) is 22.7 Å². The molecule has 1 heterocycles. The molecule has 0 aromatic heterocycles. The molecular formula is C17H19BrFNO5. The van der Waals surface area contributed by atoms with Crippen LogP contribution >= 0.6 is 15.9 Å². The number of rotatable bonds is 5. The quantitative estimate of drug-likeness (QED) is 0.690. The zero-order chi connectivity index (χ0) is 18.4. The molecule has 1 fully saturated rings. The summed E-state index contributed by atoms with van der Waals surface area (Å²) >= 11 is 3.14. The number of esters is 2. The lowest BCUT2D eigenvalue weighted by molar-refractivity contribution is -0.151. The van der Waals surface area contributed by atoms with E-state index < -0.39 is 18.4 Å². The summed E-state index contributed by atoms with van der Waals surface area (Å²) in [5.41, 5.74) is 0.0221. The monoisotopic (exact) mass is 415 g/mol. The third kappa shape index (κ3) is 5.26. The molecule has 0 N–H and O–H groups in total. The Balaban J connectivity index is 1.82. The molecule has 0 radical (unpaired) electrons. The summed E-state index contributed by atoms with van der Waals surface area (Å²) in [6.45, 7) is 2.48. The molecule has 1 aromatic rings. The molecule has 8 heteroatoms. The van der Waals surface area contributed by atoms with Gasteiger partial charge >= 0.3 is 11.9 Å². The molecular weight excluding hydrogens is 397 g/mol. The minimum Gasteiger partial charge on any atom is -0.466 e. The minimum absolute atomic E-state index is 0.0221. The summed E-state index contributed by atoms with van der Waals surface area (Å²) in [6.07, 6.45) is 1.04. The number of piperidine rings is 1. The number of likely N-dealkylation sites (tertiary alicyclic amines) is 1. The van der Waals surface area contributed by atoms with Crippen LogP contribution in [0.1, 0.15) is 30.1 Å². The van der Waals surface area contributed by atoms with Crippen LogP contribution in [-0.4, -0.2) is 49.0 Å². The van der Waals surface area contributed by atoms with E-state index >= 15 is 0 Å². The second kappa shape index (κ2) is 8.94. The number of benzene rings is 1. The topological polar surface area (TPSA) is 72.9 Å². The highest BCUT2D eigenvalue weighted by atomic mass is 79.9. The lowest BCUT2D eigenvalue weighted by Crippen LogP contribution is -2.42. The largest absolute Gasteiger partial charge is 0.466 e. The molecule has 136 valence electrons. The van der Waals surface area contributed by atoms with Crippen molar-refractivity contribution in [1.29, 1.82) is 0 Å². The summed E-state index contributed by atoms with van der Waals surface area (Å²) < 4.78 is 23.6. The van der Waals surface area contributed by atoms with Gasteiger partial charge < -0.3 is 14.4 Å². The molecule has 0 saturated carbocycles. The number of hydrogen-bond acceptors (Lipinski definition) is 5. The van der Waals surface area contributed by atoms with Crippen LogP contribution in [0.25, 0.3) is 0 Å². The maximum Gasteiger partial charge on any atom is 0.339 e. The Hall–Kier alpha value is -1.96. The van der Waals surface area contributed by atoms with Crippen molar-refractivity contribution in [3.63, 3.8) is 0 Å². The van der Waals surface area contributed by atoms with Gasteiger partial charge in [0.1, 0.15) is 5.82 Å². The van der Waals surface area contributed by atoms with Crippen LogP contribution in [0.4, 0.5) is 4.39 Å². The SMILES string of the molecule is CCOC(=O)C1CCN(C(=O)COC(=O)c2cc(F)ccc2Br)CC1. The summed E-state index contributed by atoms with van der Waals surface area (Å²) in [4.78, 5) is 37.3. The average Bonchev–Trinajstić information content (AvgIpc) is 2.61. The van der Waals surface area contributed by atoms with Gasteiger partial charge in [-0.05, 0) is 53.9 Å². The van der Waals surface area contributed by atoms with Crippen LogP contribution in [-0.2, 0) is 19.1 Å². The zero-order valence-electron chi connectivity index (χ0n) is 13.8. The number of nitrogens with zero attached hydrogens (tertiary/aromatic N) is 1. The van der Waals surface area contributed by atoms with Crippen molar-refractivity contribution in [2.45, 2.75) is 19.8 Å². The maximum atomic E-state index is 13.2. The molecule has 0 bridgehead atoms. The fraction of sp³-hybridized carbons (Fsp3) is 0.471. The van der Waals surface area contributed by atoms with Gasteiger partial charge in [-0.2, -0.15) is 0 Å². The predicted molar refractivity (Wildman–Crippen MR) is 90.3 cm³/mol. The van der Waals surface area contributed by atoms with Crippen LogP contribution in [0, 0.1) is 11.7 Å². The highest BCUT2D eigenvalue weighted by Gasteiger charge is 2.28. The Bertz CT molecular complexity index is 658. The molecule has 1 amide bonds. The van der Waals surface area contributed by atoms with Crippen LogP contribution in [0.5, 0.6) is 0 Å². The molecule has 0 spiro atoms. The van der Waals surface area contributed by atoms with Gasteiger partial charge in [-0.1, -0.05) is 0 Å². The van der Waals surface area contributed by atoms with Gasteiger partial charge in [0, 0.05) is 17.6 Å². The van der Waals surface area contributed by atoms with Crippen LogP contribution < -0.4 is 0 Å². The third-order valence-electron chi connectivity index (χ3n) is 3.94. The Morgan fingerprint density at radius 2 is 1.92 bits per heavy atom. The van der Waals surface area contributed by atoms with E-state index in [2.05, 4.69) is 15.9 Å². The Morgan fingerprint density at radius 3 is 2.56 bits per heavy atom. The normalized spacial score (nSPS) is 14.9. The highest BCUT2D eigenvalue weighted by Crippen LogP contribution is 2.20. The van der Waals surface area contributed by atoms with Gasteiger partial charge in [0.2, 0.25) is 0 Å². The summed E-state index contributed by atoms with van der Waals surface area (Å²) in [5.74, 6) is -2.13. The number of amides is 1. The molecule has 1 aliphatic rings. The van der Waals surface area contributed by atoms with E-state index in [1.807, 2.05) is 0 Å². The van der Waals surface area contributed by atoms with Crippen LogP contribution in [0.3, 0.4) is 0 Å². The fourth-order valence-corrected chi connectivity index (χ4v) is 2.98. The molecule has 1 aliphatic heterocycles. The average molecular weight is 416 g/mol. The first-order valence-corrected chi connectivity index (χ1v) is 8.78. The molecule has 2 rings (SSSR count). The summed E-state index contributed by atoms with van der Waals surface area (Å²) in [5, 5.41) is 0. The van der Waals surface area contributed by atoms with Crippen molar-refractivity contribution in [1.82, 2.24) is 4.90 Å². The van der Waals surface area contributed by atoms with Crippen molar-refractivity contribution in [3.05, 3.63) is 34.1 Å². The van der Waals surface area contributed by atoms with Crippen molar-refractivity contribution < 1.29 is 28.2 Å². The van der Waals surface area contributed by atoms with Crippen molar-refractivity contribution in [3.8, 4) is 0 Å². The lowest BCUT2D eigenvalue weighted by atomic mass is 9.97. The minimum atomic E-state index is -0.777. The number of carbonyl (C=O) groups excluding carboxylic acids is 3. The van der Waals surface area contributed by atoms with Gasteiger partial charge in [-0.3, -0.25) is 9.59 Å². The first-order chi connectivity index (χ1) is 11.9. The lowest BCUT2D eigenvalue weighted by Gasteiger charge is -2.30. The van der Waals surface area contributed by atoms with E-state index in [1.165, 1.54) is 12.1 Å².